The monoisotopic (exact) mass is 380 g/mol. The van der Waals surface area contributed by atoms with Gasteiger partial charge in [0, 0.05) is 27.9 Å². The summed E-state index contributed by atoms with van der Waals surface area (Å²) >= 11 is 9.28. The Morgan fingerprint density at radius 2 is 1.68 bits per heavy atom. The molecule has 0 saturated heterocycles. The van der Waals surface area contributed by atoms with E-state index >= 15 is 0 Å². The number of halogens is 2. The fourth-order valence-corrected chi connectivity index (χ4v) is 2.46. The van der Waals surface area contributed by atoms with Crippen molar-refractivity contribution in [3.8, 4) is 11.5 Å². The molecule has 0 saturated carbocycles. The van der Waals surface area contributed by atoms with E-state index < -0.39 is 11.9 Å². The van der Waals surface area contributed by atoms with Gasteiger partial charge in [-0.25, -0.2) is 9.59 Å². The summed E-state index contributed by atoms with van der Waals surface area (Å²) in [6, 6.07) is 6.44. The van der Waals surface area contributed by atoms with E-state index in [9.17, 15) is 9.59 Å². The summed E-state index contributed by atoms with van der Waals surface area (Å²) in [6.45, 7) is 6.71. The summed E-state index contributed by atoms with van der Waals surface area (Å²) in [7, 11) is 0. The number of hydrogen-bond donors (Lipinski definition) is 0. The molecule has 2 aromatic rings. The second-order valence-corrected chi connectivity index (χ2v) is 5.42. The molecule has 4 nitrogen and oxygen atoms in total. The molecule has 112 valence electrons. The van der Waals surface area contributed by atoms with E-state index in [0.717, 1.165) is 12.2 Å². The van der Waals surface area contributed by atoms with Crippen LogP contribution in [-0.4, -0.2) is 11.9 Å². The number of hydrogen-bond acceptors (Lipinski definition) is 4. The van der Waals surface area contributed by atoms with Crippen LogP contribution in [0.5, 0.6) is 11.5 Å². The Morgan fingerprint density at radius 3 is 2.32 bits per heavy atom. The molecule has 6 heteroatoms. The minimum atomic E-state index is -0.607. The molecule has 0 fully saturated rings. The highest BCUT2D eigenvalue weighted by Crippen LogP contribution is 2.41. The van der Waals surface area contributed by atoms with Crippen molar-refractivity contribution in [2.75, 3.05) is 0 Å². The lowest BCUT2D eigenvalue weighted by atomic mass is 10.1. The van der Waals surface area contributed by atoms with Crippen molar-refractivity contribution in [1.29, 1.82) is 0 Å². The molecular formula is C16H10BrClO4. The highest BCUT2D eigenvalue weighted by molar-refractivity contribution is 9.10. The van der Waals surface area contributed by atoms with Crippen molar-refractivity contribution in [1.82, 2.24) is 0 Å². The van der Waals surface area contributed by atoms with Crippen molar-refractivity contribution in [3.63, 3.8) is 0 Å². The molecule has 0 unspecified atom stereocenters. The number of benzene rings is 2. The van der Waals surface area contributed by atoms with Crippen molar-refractivity contribution in [3.05, 3.63) is 59.1 Å². The van der Waals surface area contributed by atoms with Gasteiger partial charge in [-0.1, -0.05) is 24.8 Å². The third kappa shape index (κ3) is 3.37. The van der Waals surface area contributed by atoms with Gasteiger partial charge >= 0.3 is 11.9 Å². The lowest BCUT2D eigenvalue weighted by Crippen LogP contribution is -2.06. The number of fused-ring (bicyclic) bond motifs is 1. The molecule has 0 amide bonds. The van der Waals surface area contributed by atoms with E-state index in [1.54, 1.807) is 18.2 Å². The van der Waals surface area contributed by atoms with E-state index in [1.807, 2.05) is 0 Å². The first-order chi connectivity index (χ1) is 10.5. The normalized spacial score (nSPS) is 10.1. The van der Waals surface area contributed by atoms with Crippen LogP contribution < -0.4 is 9.47 Å². The van der Waals surface area contributed by atoms with Gasteiger partial charge in [0.05, 0.1) is 4.47 Å². The number of carbonyl (C=O) groups excluding carboxylic acids is 2. The zero-order chi connectivity index (χ0) is 16.3. The third-order valence-electron chi connectivity index (χ3n) is 2.71. The zero-order valence-corrected chi connectivity index (χ0v) is 13.6. The molecule has 2 rings (SSSR count). The predicted octanol–water partition coefficient (Wildman–Crippen LogP) is 4.44. The topological polar surface area (TPSA) is 52.6 Å². The van der Waals surface area contributed by atoms with E-state index in [-0.39, 0.29) is 11.5 Å². The van der Waals surface area contributed by atoms with Crippen LogP contribution in [0.2, 0.25) is 5.02 Å². The van der Waals surface area contributed by atoms with Crippen LogP contribution in [0.3, 0.4) is 0 Å². The van der Waals surface area contributed by atoms with Crippen molar-refractivity contribution in [2.45, 2.75) is 0 Å². The lowest BCUT2D eigenvalue weighted by molar-refractivity contribution is -0.130. The van der Waals surface area contributed by atoms with Gasteiger partial charge < -0.3 is 9.47 Å². The quantitative estimate of drug-likeness (QED) is 0.446. The summed E-state index contributed by atoms with van der Waals surface area (Å²) in [4.78, 5) is 22.9. The lowest BCUT2D eigenvalue weighted by Gasteiger charge is -2.13. The van der Waals surface area contributed by atoms with Crippen molar-refractivity contribution < 1.29 is 19.1 Å². The number of esters is 2. The van der Waals surface area contributed by atoms with E-state index in [1.165, 1.54) is 6.07 Å². The summed E-state index contributed by atoms with van der Waals surface area (Å²) in [6.07, 6.45) is 2.11. The summed E-state index contributed by atoms with van der Waals surface area (Å²) < 4.78 is 10.9. The van der Waals surface area contributed by atoms with Crippen molar-refractivity contribution in [2.24, 2.45) is 0 Å². The van der Waals surface area contributed by atoms with E-state index in [0.29, 0.717) is 20.3 Å². The summed E-state index contributed by atoms with van der Waals surface area (Å²) in [5.41, 5.74) is 0. The molecule has 22 heavy (non-hydrogen) atoms. The Hall–Kier alpha value is -2.11. The molecule has 0 radical (unpaired) electrons. The zero-order valence-electron chi connectivity index (χ0n) is 11.3. The van der Waals surface area contributed by atoms with Gasteiger partial charge in [0.1, 0.15) is 5.75 Å². The van der Waals surface area contributed by atoms with Crippen LogP contribution in [-0.2, 0) is 9.59 Å². The fourth-order valence-electron chi connectivity index (χ4n) is 1.79. The fraction of sp³-hybridized carbons (Fsp3) is 0. The van der Waals surface area contributed by atoms with Crippen LogP contribution in [0.15, 0.2) is 54.0 Å². The maximum atomic E-state index is 11.5. The molecule has 0 N–H and O–H groups in total. The first-order valence-electron chi connectivity index (χ1n) is 6.06. The Kier molecular flexibility index (Phi) is 5.00. The Labute approximate surface area is 140 Å². The van der Waals surface area contributed by atoms with Crippen LogP contribution >= 0.6 is 27.5 Å². The van der Waals surface area contributed by atoms with Gasteiger partial charge in [-0.2, -0.15) is 0 Å². The molecule has 0 aromatic heterocycles. The number of carbonyl (C=O) groups is 2. The number of ether oxygens (including phenoxy) is 2. The highest BCUT2D eigenvalue weighted by Gasteiger charge is 2.16. The molecule has 0 heterocycles. The Bertz CT molecular complexity index is 798. The van der Waals surface area contributed by atoms with Gasteiger partial charge in [-0.3, -0.25) is 0 Å². The minimum absolute atomic E-state index is 0.271. The SMILES string of the molecule is C=CC(=O)Oc1cc(Br)c(OC(=O)C=C)c2ccc(Cl)cc12. The molecule has 2 aromatic carbocycles. The second kappa shape index (κ2) is 6.77. The third-order valence-corrected chi connectivity index (χ3v) is 3.54. The average Bonchev–Trinajstić information content (AvgIpc) is 2.50. The van der Waals surface area contributed by atoms with Gasteiger partial charge in [-0.05, 0) is 40.2 Å². The Morgan fingerprint density at radius 1 is 1.05 bits per heavy atom. The molecule has 0 aliphatic rings. The van der Waals surface area contributed by atoms with Crippen LogP contribution in [0.4, 0.5) is 0 Å². The van der Waals surface area contributed by atoms with E-state index in [4.69, 9.17) is 21.1 Å². The van der Waals surface area contributed by atoms with Crippen LogP contribution in [0.1, 0.15) is 0 Å². The highest BCUT2D eigenvalue weighted by atomic mass is 79.9. The first kappa shape index (κ1) is 16.3. The average molecular weight is 382 g/mol. The van der Waals surface area contributed by atoms with Crippen molar-refractivity contribution >= 4 is 50.2 Å². The van der Waals surface area contributed by atoms with E-state index in [2.05, 4.69) is 29.1 Å². The van der Waals surface area contributed by atoms with Crippen LogP contribution in [0, 0.1) is 0 Å². The molecule has 0 aliphatic heterocycles. The number of rotatable bonds is 4. The van der Waals surface area contributed by atoms with Gasteiger partial charge in [-0.15, -0.1) is 0 Å². The maximum Gasteiger partial charge on any atom is 0.335 e. The molecule has 0 bridgehead atoms. The maximum absolute atomic E-state index is 11.5. The Balaban J connectivity index is 2.68. The van der Waals surface area contributed by atoms with Crippen LogP contribution in [0.25, 0.3) is 10.8 Å². The molecule has 0 atom stereocenters. The minimum Gasteiger partial charge on any atom is -0.423 e. The summed E-state index contributed by atoms with van der Waals surface area (Å²) in [5, 5.41) is 1.53. The first-order valence-corrected chi connectivity index (χ1v) is 7.23. The largest absolute Gasteiger partial charge is 0.423 e. The molecular weight excluding hydrogens is 372 g/mol. The molecule has 0 aliphatic carbocycles. The smallest absolute Gasteiger partial charge is 0.335 e. The standard InChI is InChI=1S/C16H10BrClO4/c1-3-14(19)21-13-8-12(17)16(22-15(20)4-2)10-6-5-9(18)7-11(10)13/h3-8H,1-2H2. The second-order valence-electron chi connectivity index (χ2n) is 4.13. The molecule has 0 spiro atoms. The van der Waals surface area contributed by atoms with Gasteiger partial charge in [0.15, 0.2) is 5.75 Å². The predicted molar refractivity (Wildman–Crippen MR) is 88.3 cm³/mol. The van der Waals surface area contributed by atoms with Gasteiger partial charge in [0.25, 0.3) is 0 Å². The summed E-state index contributed by atoms with van der Waals surface area (Å²) in [5.74, 6) is -0.653. The van der Waals surface area contributed by atoms with Gasteiger partial charge in [0.2, 0.25) is 0 Å².